The van der Waals surface area contributed by atoms with Crippen LogP contribution in [0.25, 0.3) is 11.1 Å². The fourth-order valence-corrected chi connectivity index (χ4v) is 3.80. The topological polar surface area (TPSA) is 81.3 Å². The molecule has 7 heteroatoms. The average Bonchev–Trinajstić information content (AvgIpc) is 2.76. The van der Waals surface area contributed by atoms with Crippen molar-refractivity contribution < 1.29 is 4.79 Å². The minimum atomic E-state index is -0.0850. The van der Waals surface area contributed by atoms with Gasteiger partial charge in [0.15, 0.2) is 0 Å². The monoisotopic (exact) mass is 395 g/mol. The summed E-state index contributed by atoms with van der Waals surface area (Å²) in [6, 6.07) is 6.05. The van der Waals surface area contributed by atoms with Crippen molar-refractivity contribution >= 4 is 11.6 Å². The van der Waals surface area contributed by atoms with Crippen LogP contribution in [0.4, 0.5) is 5.69 Å². The second-order valence-corrected chi connectivity index (χ2v) is 7.14. The smallest absolute Gasteiger partial charge is 0.271 e. The van der Waals surface area contributed by atoms with Gasteiger partial charge in [0.2, 0.25) is 5.91 Å². The van der Waals surface area contributed by atoms with E-state index in [0.29, 0.717) is 25.3 Å². The van der Waals surface area contributed by atoms with Gasteiger partial charge in [0.25, 0.3) is 5.56 Å². The Labute approximate surface area is 171 Å². The van der Waals surface area contributed by atoms with Crippen LogP contribution in [0.5, 0.6) is 0 Å². The number of aromatic amines is 1. The first-order valence-electron chi connectivity index (χ1n) is 10.1. The predicted molar refractivity (Wildman–Crippen MR) is 116 cm³/mol. The molecular formula is C22H29N5O2. The number of H-pyrrole nitrogens is 1. The Morgan fingerprint density at radius 1 is 1.31 bits per heavy atom. The van der Waals surface area contributed by atoms with Gasteiger partial charge < -0.3 is 20.1 Å². The molecule has 154 valence electrons. The SMILES string of the molecule is CCN(c1cc(-c2ccncc2)c[nH]c1=O)C1CCN(C(=O)/C=C/CNC)CC1. The number of amides is 1. The van der Waals surface area contributed by atoms with Gasteiger partial charge in [0, 0.05) is 62.5 Å². The van der Waals surface area contributed by atoms with Crippen molar-refractivity contribution in [1.82, 2.24) is 20.2 Å². The molecule has 29 heavy (non-hydrogen) atoms. The highest BCUT2D eigenvalue weighted by Crippen LogP contribution is 2.25. The number of carbonyl (C=O) groups excluding carboxylic acids is 1. The summed E-state index contributed by atoms with van der Waals surface area (Å²) in [7, 11) is 1.85. The minimum absolute atomic E-state index is 0.0549. The van der Waals surface area contributed by atoms with Crippen molar-refractivity contribution in [3.8, 4) is 11.1 Å². The summed E-state index contributed by atoms with van der Waals surface area (Å²) in [5.74, 6) is 0.0549. The summed E-state index contributed by atoms with van der Waals surface area (Å²) in [4.78, 5) is 35.8. The van der Waals surface area contributed by atoms with E-state index in [2.05, 4.69) is 27.1 Å². The number of anilines is 1. The summed E-state index contributed by atoms with van der Waals surface area (Å²) in [6.07, 6.45) is 10.4. The molecule has 1 amide bonds. The lowest BCUT2D eigenvalue weighted by Crippen LogP contribution is -2.47. The van der Waals surface area contributed by atoms with Crippen LogP contribution < -0.4 is 15.8 Å². The summed E-state index contributed by atoms with van der Waals surface area (Å²) in [5.41, 5.74) is 2.57. The standard InChI is InChI=1S/C22H29N5O2/c1-3-27(19-8-13-26(14-9-19)21(28)5-4-10-23-2)20-15-18(16-25-22(20)29)17-6-11-24-12-7-17/h4-7,11-12,15-16,19,23H,3,8-10,13-14H2,1-2H3,(H,25,29)/b5-4+. The van der Waals surface area contributed by atoms with Gasteiger partial charge in [-0.15, -0.1) is 0 Å². The van der Waals surface area contributed by atoms with E-state index in [-0.39, 0.29) is 17.5 Å². The Bertz CT molecular complexity index is 886. The van der Waals surface area contributed by atoms with E-state index in [1.807, 2.05) is 36.2 Å². The Balaban J connectivity index is 1.72. The van der Waals surface area contributed by atoms with Crippen molar-refractivity contribution in [3.05, 3.63) is 59.3 Å². The molecule has 0 aliphatic carbocycles. The Hall–Kier alpha value is -2.93. The van der Waals surface area contributed by atoms with E-state index < -0.39 is 0 Å². The summed E-state index contributed by atoms with van der Waals surface area (Å²) in [5, 5.41) is 3.00. The summed E-state index contributed by atoms with van der Waals surface area (Å²) >= 11 is 0. The maximum Gasteiger partial charge on any atom is 0.271 e. The number of likely N-dealkylation sites (N-methyl/N-ethyl adjacent to an activating group) is 1. The van der Waals surface area contributed by atoms with Crippen molar-refractivity contribution in [2.45, 2.75) is 25.8 Å². The lowest BCUT2D eigenvalue weighted by Gasteiger charge is -2.38. The van der Waals surface area contributed by atoms with Gasteiger partial charge in [0.05, 0.1) is 0 Å². The fraction of sp³-hybridized carbons (Fsp3) is 0.409. The zero-order chi connectivity index (χ0) is 20.6. The summed E-state index contributed by atoms with van der Waals surface area (Å²) in [6.45, 7) is 4.89. The second kappa shape index (κ2) is 10.0. The predicted octanol–water partition coefficient (Wildman–Crippen LogP) is 2.03. The van der Waals surface area contributed by atoms with E-state index in [1.54, 1.807) is 24.7 Å². The zero-order valence-corrected chi connectivity index (χ0v) is 17.1. The number of carbonyl (C=O) groups is 1. The molecule has 7 nitrogen and oxygen atoms in total. The van der Waals surface area contributed by atoms with Crippen molar-refractivity contribution in [1.29, 1.82) is 0 Å². The van der Waals surface area contributed by atoms with Gasteiger partial charge in [-0.1, -0.05) is 6.08 Å². The molecule has 3 rings (SSSR count). The Morgan fingerprint density at radius 2 is 2.03 bits per heavy atom. The number of nitrogens with zero attached hydrogens (tertiary/aromatic N) is 3. The van der Waals surface area contributed by atoms with Crippen LogP contribution in [-0.4, -0.2) is 60.0 Å². The molecule has 1 aliphatic heterocycles. The van der Waals surface area contributed by atoms with Crippen LogP contribution in [0.15, 0.2) is 53.7 Å². The van der Waals surface area contributed by atoms with Crippen LogP contribution in [0.1, 0.15) is 19.8 Å². The third kappa shape index (κ3) is 5.12. The van der Waals surface area contributed by atoms with Gasteiger partial charge in [-0.3, -0.25) is 14.6 Å². The highest BCUT2D eigenvalue weighted by molar-refractivity contribution is 5.87. The first kappa shape index (κ1) is 20.8. The molecule has 2 aromatic rings. The van der Waals surface area contributed by atoms with Gasteiger partial charge in [-0.05, 0) is 50.6 Å². The lowest BCUT2D eigenvalue weighted by molar-refractivity contribution is -0.127. The first-order valence-corrected chi connectivity index (χ1v) is 10.1. The molecule has 2 aromatic heterocycles. The normalized spacial score (nSPS) is 15.0. The maximum atomic E-state index is 12.6. The van der Waals surface area contributed by atoms with E-state index in [4.69, 9.17) is 0 Å². The number of rotatable bonds is 7. The van der Waals surface area contributed by atoms with E-state index >= 15 is 0 Å². The molecule has 0 unspecified atom stereocenters. The van der Waals surface area contributed by atoms with Crippen molar-refractivity contribution in [2.24, 2.45) is 0 Å². The molecule has 0 spiro atoms. The van der Waals surface area contributed by atoms with E-state index in [1.165, 1.54) is 0 Å². The van der Waals surface area contributed by atoms with Crippen LogP contribution >= 0.6 is 0 Å². The highest BCUT2D eigenvalue weighted by atomic mass is 16.2. The van der Waals surface area contributed by atoms with Gasteiger partial charge in [-0.2, -0.15) is 0 Å². The Kier molecular flexibility index (Phi) is 7.19. The maximum absolute atomic E-state index is 12.6. The van der Waals surface area contributed by atoms with Crippen LogP contribution in [0, 0.1) is 0 Å². The molecule has 1 fully saturated rings. The van der Waals surface area contributed by atoms with E-state index in [0.717, 1.165) is 30.5 Å². The molecule has 1 aliphatic rings. The zero-order valence-electron chi connectivity index (χ0n) is 17.1. The molecule has 3 heterocycles. The summed E-state index contributed by atoms with van der Waals surface area (Å²) < 4.78 is 0. The van der Waals surface area contributed by atoms with Gasteiger partial charge in [0.1, 0.15) is 5.69 Å². The third-order valence-corrected chi connectivity index (χ3v) is 5.35. The van der Waals surface area contributed by atoms with Gasteiger partial charge >= 0.3 is 0 Å². The molecule has 0 bridgehead atoms. The van der Waals surface area contributed by atoms with Crippen molar-refractivity contribution in [2.75, 3.05) is 38.1 Å². The highest BCUT2D eigenvalue weighted by Gasteiger charge is 2.27. The number of piperidine rings is 1. The first-order chi connectivity index (χ1) is 14.1. The Morgan fingerprint density at radius 3 is 2.69 bits per heavy atom. The molecular weight excluding hydrogens is 366 g/mol. The minimum Gasteiger partial charge on any atom is -0.364 e. The van der Waals surface area contributed by atoms with Crippen LogP contribution in [0.2, 0.25) is 0 Å². The fourth-order valence-electron chi connectivity index (χ4n) is 3.80. The molecule has 2 N–H and O–H groups in total. The van der Waals surface area contributed by atoms with Gasteiger partial charge in [-0.25, -0.2) is 0 Å². The third-order valence-electron chi connectivity index (χ3n) is 5.35. The molecule has 0 atom stereocenters. The molecule has 1 saturated heterocycles. The largest absolute Gasteiger partial charge is 0.364 e. The van der Waals surface area contributed by atoms with Crippen LogP contribution in [-0.2, 0) is 4.79 Å². The lowest BCUT2D eigenvalue weighted by atomic mass is 10.0. The van der Waals surface area contributed by atoms with Crippen molar-refractivity contribution in [3.63, 3.8) is 0 Å². The molecule has 0 aromatic carbocycles. The molecule has 0 radical (unpaired) electrons. The average molecular weight is 396 g/mol. The second-order valence-electron chi connectivity index (χ2n) is 7.14. The number of hydrogen-bond donors (Lipinski definition) is 2. The quantitative estimate of drug-likeness (QED) is 0.701. The van der Waals surface area contributed by atoms with E-state index in [9.17, 15) is 9.59 Å². The number of aromatic nitrogens is 2. The van der Waals surface area contributed by atoms with Crippen LogP contribution in [0.3, 0.4) is 0 Å². The number of nitrogens with one attached hydrogen (secondary N) is 2. The number of pyridine rings is 2. The number of likely N-dealkylation sites (tertiary alicyclic amines) is 1. The number of hydrogen-bond acceptors (Lipinski definition) is 5. The molecule has 0 saturated carbocycles.